The average Bonchev–Trinajstić information content (AvgIpc) is 2.81. The van der Waals surface area contributed by atoms with Crippen molar-refractivity contribution < 1.29 is 19.9 Å². The Hall–Kier alpha value is -2.96. The van der Waals surface area contributed by atoms with Gasteiger partial charge in [0.25, 0.3) is 0 Å². The van der Waals surface area contributed by atoms with Gasteiger partial charge in [-0.3, -0.25) is 0 Å². The molecule has 4 N–H and O–H groups in total. The molecule has 1 heterocycles. The molecule has 0 fully saturated rings. The van der Waals surface area contributed by atoms with E-state index in [9.17, 15) is 5.11 Å². The fourth-order valence-electron chi connectivity index (χ4n) is 3.87. The summed E-state index contributed by atoms with van der Waals surface area (Å²) >= 11 is 3.54. The number of nitrogens with two attached hydrogens (primary N) is 1. The lowest BCUT2D eigenvalue weighted by atomic mass is 9.97. The SMILES string of the molecule is CCOc1ccccc1C1NC(c2cccc(OC)c2)=CC(c2cc(Br)ccc2O)[NH2+]1. The van der Waals surface area contributed by atoms with Crippen molar-refractivity contribution in [3.63, 3.8) is 0 Å². The molecule has 31 heavy (non-hydrogen) atoms. The molecule has 0 bridgehead atoms. The number of para-hydroxylation sites is 1. The second kappa shape index (κ2) is 9.45. The van der Waals surface area contributed by atoms with Crippen LogP contribution in [0.25, 0.3) is 5.70 Å². The molecular weight excluding hydrogens is 456 g/mol. The molecule has 0 spiro atoms. The van der Waals surface area contributed by atoms with Gasteiger partial charge in [-0.1, -0.05) is 40.2 Å². The Balaban J connectivity index is 1.80. The van der Waals surface area contributed by atoms with Gasteiger partial charge < -0.3 is 25.2 Å². The van der Waals surface area contributed by atoms with Gasteiger partial charge in [0.15, 0.2) is 6.17 Å². The first-order chi connectivity index (χ1) is 15.1. The number of aromatic hydroxyl groups is 1. The van der Waals surface area contributed by atoms with Gasteiger partial charge in [0.2, 0.25) is 0 Å². The topological polar surface area (TPSA) is 67.3 Å². The molecule has 1 aliphatic heterocycles. The highest BCUT2D eigenvalue weighted by atomic mass is 79.9. The van der Waals surface area contributed by atoms with Crippen LogP contribution in [0, 0.1) is 0 Å². The number of benzene rings is 3. The Morgan fingerprint density at radius 2 is 1.87 bits per heavy atom. The van der Waals surface area contributed by atoms with Crippen LogP contribution in [0.4, 0.5) is 0 Å². The van der Waals surface area contributed by atoms with Gasteiger partial charge in [-0.2, -0.15) is 0 Å². The van der Waals surface area contributed by atoms with Gasteiger partial charge in [0.05, 0.1) is 24.8 Å². The maximum atomic E-state index is 10.6. The van der Waals surface area contributed by atoms with Crippen LogP contribution in [0.15, 0.2) is 77.3 Å². The molecule has 0 saturated carbocycles. The predicted octanol–water partition coefficient (Wildman–Crippen LogP) is 4.51. The lowest BCUT2D eigenvalue weighted by molar-refractivity contribution is -0.731. The minimum atomic E-state index is -0.0997. The van der Waals surface area contributed by atoms with Gasteiger partial charge in [-0.25, -0.2) is 0 Å². The molecule has 5 nitrogen and oxygen atoms in total. The molecule has 3 aromatic carbocycles. The highest BCUT2D eigenvalue weighted by molar-refractivity contribution is 9.10. The van der Waals surface area contributed by atoms with Gasteiger partial charge in [-0.15, -0.1) is 0 Å². The highest BCUT2D eigenvalue weighted by Gasteiger charge is 2.31. The summed E-state index contributed by atoms with van der Waals surface area (Å²) in [5.74, 6) is 1.91. The quantitative estimate of drug-likeness (QED) is 0.484. The highest BCUT2D eigenvalue weighted by Crippen LogP contribution is 2.33. The monoisotopic (exact) mass is 481 g/mol. The largest absolute Gasteiger partial charge is 0.507 e. The number of halogens is 1. The van der Waals surface area contributed by atoms with Crippen LogP contribution < -0.4 is 20.1 Å². The van der Waals surface area contributed by atoms with Crippen molar-refractivity contribution in [2.75, 3.05) is 13.7 Å². The Morgan fingerprint density at radius 1 is 1.03 bits per heavy atom. The third-order valence-corrected chi connectivity index (χ3v) is 5.83. The van der Waals surface area contributed by atoms with E-state index in [0.29, 0.717) is 6.61 Å². The van der Waals surface area contributed by atoms with Gasteiger partial charge in [0.1, 0.15) is 23.3 Å². The molecule has 1 aliphatic rings. The Labute approximate surface area is 190 Å². The molecule has 0 amide bonds. The van der Waals surface area contributed by atoms with Crippen molar-refractivity contribution in [3.05, 3.63) is 94.0 Å². The summed E-state index contributed by atoms with van der Waals surface area (Å²) in [5.41, 5.74) is 3.89. The van der Waals surface area contributed by atoms with Crippen molar-refractivity contribution >= 4 is 21.6 Å². The summed E-state index contributed by atoms with van der Waals surface area (Å²) in [6.07, 6.45) is 2.04. The van der Waals surface area contributed by atoms with Crippen LogP contribution in [0.5, 0.6) is 17.2 Å². The van der Waals surface area contributed by atoms with Crippen LogP contribution in [-0.4, -0.2) is 18.8 Å². The molecule has 0 saturated heterocycles. The van der Waals surface area contributed by atoms with Crippen LogP contribution in [0.2, 0.25) is 0 Å². The summed E-state index contributed by atoms with van der Waals surface area (Å²) in [6, 6.07) is 21.5. The Kier molecular flexibility index (Phi) is 6.49. The maximum Gasteiger partial charge on any atom is 0.190 e. The zero-order chi connectivity index (χ0) is 21.8. The summed E-state index contributed by atoms with van der Waals surface area (Å²) in [7, 11) is 1.67. The first-order valence-corrected chi connectivity index (χ1v) is 11.1. The van der Waals surface area contributed by atoms with Gasteiger partial charge in [0, 0.05) is 21.8 Å². The van der Waals surface area contributed by atoms with E-state index in [4.69, 9.17) is 9.47 Å². The molecular formula is C25H26BrN2O3+. The third-order valence-electron chi connectivity index (χ3n) is 5.34. The van der Waals surface area contributed by atoms with Gasteiger partial charge in [-0.05, 0) is 49.4 Å². The van der Waals surface area contributed by atoms with Crippen LogP contribution in [-0.2, 0) is 0 Å². The first kappa shape index (κ1) is 21.3. The number of ether oxygens (including phenoxy) is 2. The van der Waals surface area contributed by atoms with E-state index in [-0.39, 0.29) is 18.0 Å². The van der Waals surface area contributed by atoms with Crippen LogP contribution in [0.1, 0.15) is 35.8 Å². The summed E-state index contributed by atoms with van der Waals surface area (Å²) in [5, 5.41) is 16.4. The zero-order valence-electron chi connectivity index (χ0n) is 17.5. The van der Waals surface area contributed by atoms with Crippen molar-refractivity contribution in [1.29, 1.82) is 0 Å². The smallest absolute Gasteiger partial charge is 0.190 e. The van der Waals surface area contributed by atoms with E-state index in [2.05, 4.69) is 44.8 Å². The number of quaternary nitrogens is 1. The van der Waals surface area contributed by atoms with E-state index in [0.717, 1.165) is 38.4 Å². The summed E-state index contributed by atoms with van der Waals surface area (Å²) < 4.78 is 12.2. The normalized spacial score (nSPS) is 18.1. The second-order valence-corrected chi connectivity index (χ2v) is 8.24. The van der Waals surface area contributed by atoms with Crippen LogP contribution in [0.3, 0.4) is 0 Å². The van der Waals surface area contributed by atoms with Crippen molar-refractivity contribution in [2.24, 2.45) is 0 Å². The Bertz CT molecular complexity index is 1100. The van der Waals surface area contributed by atoms with E-state index >= 15 is 0 Å². The number of methoxy groups -OCH3 is 1. The molecule has 4 rings (SSSR count). The molecule has 6 heteroatoms. The predicted molar refractivity (Wildman–Crippen MR) is 125 cm³/mol. The maximum absolute atomic E-state index is 10.6. The number of phenols is 1. The molecule has 2 unspecified atom stereocenters. The number of rotatable bonds is 6. The zero-order valence-corrected chi connectivity index (χ0v) is 19.1. The number of phenolic OH excluding ortho intramolecular Hbond substituents is 1. The second-order valence-electron chi connectivity index (χ2n) is 7.33. The lowest BCUT2D eigenvalue weighted by Crippen LogP contribution is -2.89. The number of nitrogens with one attached hydrogen (secondary N) is 1. The number of hydrogen-bond donors (Lipinski definition) is 3. The van der Waals surface area contributed by atoms with Crippen molar-refractivity contribution in [2.45, 2.75) is 19.1 Å². The van der Waals surface area contributed by atoms with E-state index in [1.807, 2.05) is 55.5 Å². The molecule has 160 valence electrons. The molecule has 0 radical (unpaired) electrons. The standard InChI is InChI=1S/C25H25BrN2O3/c1-3-31-24-10-5-4-9-19(24)25-27-21(16-7-6-8-18(13-16)30-2)15-22(28-25)20-14-17(26)11-12-23(20)29/h4-15,22,25,27-29H,3H2,1-2H3/p+1. The fraction of sp³-hybridized carbons (Fsp3) is 0.200. The first-order valence-electron chi connectivity index (χ1n) is 10.3. The van der Waals surface area contributed by atoms with E-state index in [1.165, 1.54) is 0 Å². The van der Waals surface area contributed by atoms with E-state index in [1.54, 1.807) is 13.2 Å². The summed E-state index contributed by atoms with van der Waals surface area (Å²) in [4.78, 5) is 0. The minimum absolute atomic E-state index is 0.0976. The molecule has 3 aromatic rings. The van der Waals surface area contributed by atoms with Gasteiger partial charge >= 0.3 is 0 Å². The van der Waals surface area contributed by atoms with Crippen molar-refractivity contribution in [3.8, 4) is 17.2 Å². The summed E-state index contributed by atoms with van der Waals surface area (Å²) in [6.45, 7) is 2.58. The fourth-order valence-corrected chi connectivity index (χ4v) is 4.25. The van der Waals surface area contributed by atoms with Crippen molar-refractivity contribution in [1.82, 2.24) is 5.32 Å². The molecule has 0 aliphatic carbocycles. The third kappa shape index (κ3) is 4.70. The molecule has 2 atom stereocenters. The van der Waals surface area contributed by atoms with Crippen LogP contribution >= 0.6 is 15.9 Å². The molecule has 0 aromatic heterocycles. The number of hydrogen-bond acceptors (Lipinski definition) is 4. The Morgan fingerprint density at radius 3 is 2.68 bits per heavy atom. The lowest BCUT2D eigenvalue weighted by Gasteiger charge is -2.31. The minimum Gasteiger partial charge on any atom is -0.507 e. The average molecular weight is 482 g/mol. The van der Waals surface area contributed by atoms with E-state index < -0.39 is 0 Å².